The summed E-state index contributed by atoms with van der Waals surface area (Å²) in [4.78, 5) is 62.5. The van der Waals surface area contributed by atoms with Gasteiger partial charge in [-0.05, 0) is 41.7 Å². The standard InChI is InChI=1S/C32H39N7O6/c1-18(2)11-26(30(42)39-28(32(44)45)12-19-7-9-22(40)10-8-19)38-31(43)27(13-20-15-35-25-6-4-3-5-23(20)25)37-29(41)24(33)14-21-16-34-17-36-21/h3-10,15-18,24,26-28,35,40H,11-14,33H2,1-2H3,(H,34,36)(H,37,41)(H,38,43)(H,39,42)(H,44,45). The van der Waals surface area contributed by atoms with E-state index in [1.165, 1.54) is 18.5 Å². The number of hydrogen-bond acceptors (Lipinski definition) is 7. The van der Waals surface area contributed by atoms with E-state index in [0.717, 1.165) is 16.5 Å². The number of phenolic OH excluding ortho intramolecular Hbond substituents is 1. The van der Waals surface area contributed by atoms with Crippen molar-refractivity contribution in [1.82, 2.24) is 30.9 Å². The lowest BCUT2D eigenvalue weighted by atomic mass is 9.99. The zero-order chi connectivity index (χ0) is 32.5. The third kappa shape index (κ3) is 9.16. The average Bonchev–Trinajstić information content (AvgIpc) is 3.66. The molecule has 13 nitrogen and oxygen atoms in total. The highest BCUT2D eigenvalue weighted by molar-refractivity contribution is 5.95. The Labute approximate surface area is 260 Å². The van der Waals surface area contributed by atoms with Crippen molar-refractivity contribution in [3.63, 3.8) is 0 Å². The summed E-state index contributed by atoms with van der Waals surface area (Å²) in [5.41, 5.74) is 9.05. The molecule has 2 heterocycles. The van der Waals surface area contributed by atoms with Gasteiger partial charge in [0.2, 0.25) is 17.7 Å². The molecular weight excluding hydrogens is 578 g/mol. The molecule has 0 spiro atoms. The van der Waals surface area contributed by atoms with Crippen molar-refractivity contribution in [2.75, 3.05) is 0 Å². The number of carbonyl (C=O) groups excluding carboxylic acids is 3. The van der Waals surface area contributed by atoms with Crippen LogP contribution in [0.3, 0.4) is 0 Å². The molecule has 0 aliphatic heterocycles. The van der Waals surface area contributed by atoms with Crippen LogP contribution in [-0.2, 0) is 38.4 Å². The van der Waals surface area contributed by atoms with Gasteiger partial charge in [0.05, 0.1) is 12.4 Å². The molecule has 0 aliphatic carbocycles. The number of aromatic hydroxyl groups is 1. The molecule has 3 amide bonds. The molecule has 4 rings (SSSR count). The molecule has 0 aliphatic rings. The third-order valence-corrected chi connectivity index (χ3v) is 7.39. The van der Waals surface area contributed by atoms with Crippen LogP contribution < -0.4 is 21.7 Å². The second kappa shape index (κ2) is 15.0. The maximum Gasteiger partial charge on any atom is 0.326 e. The fraction of sp³-hybridized carbons (Fsp3) is 0.344. The SMILES string of the molecule is CC(C)CC(NC(=O)C(Cc1c[nH]c2ccccc12)NC(=O)C(N)Cc1cnc[nH]1)C(=O)NC(Cc1ccc(O)cc1)C(=O)O. The van der Waals surface area contributed by atoms with Gasteiger partial charge in [-0.3, -0.25) is 14.4 Å². The van der Waals surface area contributed by atoms with Crippen molar-refractivity contribution in [1.29, 1.82) is 0 Å². The van der Waals surface area contributed by atoms with Gasteiger partial charge in [-0.15, -0.1) is 0 Å². The number of imidazole rings is 1. The fourth-order valence-electron chi connectivity index (χ4n) is 5.05. The van der Waals surface area contributed by atoms with Gasteiger partial charge in [0.15, 0.2) is 0 Å². The summed E-state index contributed by atoms with van der Waals surface area (Å²) in [6.45, 7) is 3.74. The molecule has 0 saturated carbocycles. The first-order valence-corrected chi connectivity index (χ1v) is 14.7. The van der Waals surface area contributed by atoms with Crippen LogP contribution in [0.2, 0.25) is 0 Å². The van der Waals surface area contributed by atoms with E-state index in [9.17, 15) is 29.4 Å². The lowest BCUT2D eigenvalue weighted by Crippen LogP contribution is -2.58. The second-order valence-corrected chi connectivity index (χ2v) is 11.5. The number of aliphatic carboxylic acids is 1. The largest absolute Gasteiger partial charge is 0.508 e. The molecule has 13 heteroatoms. The molecule has 2 aromatic carbocycles. The van der Waals surface area contributed by atoms with Crippen LogP contribution in [0.5, 0.6) is 5.75 Å². The number of aromatic nitrogens is 3. The number of nitrogens with two attached hydrogens (primary N) is 1. The Morgan fingerprint density at radius 1 is 0.844 bits per heavy atom. The van der Waals surface area contributed by atoms with Crippen molar-refractivity contribution >= 4 is 34.6 Å². The number of phenols is 1. The Morgan fingerprint density at radius 3 is 2.18 bits per heavy atom. The molecule has 0 fully saturated rings. The quantitative estimate of drug-likeness (QED) is 0.0977. The minimum Gasteiger partial charge on any atom is -0.508 e. The summed E-state index contributed by atoms with van der Waals surface area (Å²) in [6, 6.07) is 9.11. The number of carboxylic acids is 1. The molecule has 238 valence electrons. The van der Waals surface area contributed by atoms with Crippen molar-refractivity contribution < 1.29 is 29.4 Å². The van der Waals surface area contributed by atoms with Gasteiger partial charge < -0.3 is 41.9 Å². The summed E-state index contributed by atoms with van der Waals surface area (Å²) in [5.74, 6) is -3.10. The number of amides is 3. The predicted octanol–water partition coefficient (Wildman–Crippen LogP) is 1.54. The smallest absolute Gasteiger partial charge is 0.326 e. The molecule has 4 unspecified atom stereocenters. The van der Waals surface area contributed by atoms with Crippen LogP contribution in [0.1, 0.15) is 37.1 Å². The van der Waals surface area contributed by atoms with E-state index in [1.807, 2.05) is 38.1 Å². The second-order valence-electron chi connectivity index (χ2n) is 11.5. The van der Waals surface area contributed by atoms with Crippen molar-refractivity contribution in [3.8, 4) is 5.75 Å². The normalized spacial score (nSPS) is 14.0. The molecule has 0 radical (unpaired) electrons. The first kappa shape index (κ1) is 32.7. The number of fused-ring (bicyclic) bond motifs is 1. The van der Waals surface area contributed by atoms with E-state index >= 15 is 0 Å². The minimum absolute atomic E-state index is 0.0306. The number of rotatable bonds is 15. The van der Waals surface area contributed by atoms with Crippen molar-refractivity contribution in [2.24, 2.45) is 11.7 Å². The third-order valence-electron chi connectivity index (χ3n) is 7.39. The molecule has 9 N–H and O–H groups in total. The highest BCUT2D eigenvalue weighted by Crippen LogP contribution is 2.20. The van der Waals surface area contributed by atoms with Gasteiger partial charge in [0, 0.05) is 48.3 Å². The lowest BCUT2D eigenvalue weighted by molar-refractivity contribution is -0.142. The van der Waals surface area contributed by atoms with E-state index in [2.05, 4.69) is 30.9 Å². The van der Waals surface area contributed by atoms with Crippen LogP contribution in [0.4, 0.5) is 0 Å². The number of benzene rings is 2. The molecule has 45 heavy (non-hydrogen) atoms. The topological polar surface area (TPSA) is 215 Å². The Bertz CT molecular complexity index is 1600. The van der Waals surface area contributed by atoms with Crippen LogP contribution in [0, 0.1) is 5.92 Å². The fourth-order valence-corrected chi connectivity index (χ4v) is 5.05. The Hall–Kier alpha value is -5.17. The summed E-state index contributed by atoms with van der Waals surface area (Å²) in [7, 11) is 0. The molecule has 2 aromatic heterocycles. The number of nitrogens with zero attached hydrogens (tertiary/aromatic N) is 1. The van der Waals surface area contributed by atoms with Crippen LogP contribution in [-0.4, -0.2) is 73.0 Å². The molecule has 0 saturated heterocycles. The van der Waals surface area contributed by atoms with Crippen LogP contribution in [0.25, 0.3) is 10.9 Å². The lowest BCUT2D eigenvalue weighted by Gasteiger charge is -2.26. The van der Waals surface area contributed by atoms with Gasteiger partial charge in [-0.2, -0.15) is 0 Å². The van der Waals surface area contributed by atoms with Gasteiger partial charge in [-0.25, -0.2) is 9.78 Å². The maximum atomic E-state index is 13.8. The number of aromatic amines is 2. The summed E-state index contributed by atoms with van der Waals surface area (Å²) in [6.07, 6.45) is 5.27. The number of para-hydroxylation sites is 1. The van der Waals surface area contributed by atoms with Crippen LogP contribution >= 0.6 is 0 Å². The highest BCUT2D eigenvalue weighted by atomic mass is 16.4. The molecular formula is C32H39N7O6. The first-order chi connectivity index (χ1) is 21.5. The zero-order valence-corrected chi connectivity index (χ0v) is 25.1. The average molecular weight is 618 g/mol. The summed E-state index contributed by atoms with van der Waals surface area (Å²) in [5, 5.41) is 28.3. The molecule has 4 aromatic rings. The van der Waals surface area contributed by atoms with E-state index < -0.39 is 47.9 Å². The first-order valence-electron chi connectivity index (χ1n) is 14.7. The Balaban J connectivity index is 1.53. The number of H-pyrrole nitrogens is 2. The Kier molecular flexibility index (Phi) is 10.9. The van der Waals surface area contributed by atoms with Crippen molar-refractivity contribution in [3.05, 3.63) is 84.1 Å². The van der Waals surface area contributed by atoms with Gasteiger partial charge in [0.25, 0.3) is 0 Å². The van der Waals surface area contributed by atoms with Crippen LogP contribution in [0.15, 0.2) is 67.3 Å². The maximum absolute atomic E-state index is 13.8. The monoisotopic (exact) mass is 617 g/mol. The predicted molar refractivity (Wildman–Crippen MR) is 167 cm³/mol. The molecule has 0 bridgehead atoms. The van der Waals surface area contributed by atoms with Gasteiger partial charge >= 0.3 is 5.97 Å². The van der Waals surface area contributed by atoms with E-state index in [0.29, 0.717) is 11.3 Å². The molecule has 4 atom stereocenters. The summed E-state index contributed by atoms with van der Waals surface area (Å²) < 4.78 is 0. The van der Waals surface area contributed by atoms with Crippen molar-refractivity contribution in [2.45, 2.75) is 63.7 Å². The van der Waals surface area contributed by atoms with E-state index in [-0.39, 0.29) is 37.4 Å². The van der Waals surface area contributed by atoms with Gasteiger partial charge in [0.1, 0.15) is 23.9 Å². The number of hydrogen-bond donors (Lipinski definition) is 8. The number of carbonyl (C=O) groups is 4. The zero-order valence-electron chi connectivity index (χ0n) is 25.1. The minimum atomic E-state index is -1.28. The van der Waals surface area contributed by atoms with E-state index in [1.54, 1.807) is 24.5 Å². The number of nitrogens with one attached hydrogen (secondary N) is 5. The highest BCUT2D eigenvalue weighted by Gasteiger charge is 2.31. The summed E-state index contributed by atoms with van der Waals surface area (Å²) >= 11 is 0. The Morgan fingerprint density at radius 2 is 1.51 bits per heavy atom. The number of carboxylic acid groups (broad SMARTS) is 1. The van der Waals surface area contributed by atoms with E-state index in [4.69, 9.17) is 5.73 Å². The van der Waals surface area contributed by atoms with Gasteiger partial charge in [-0.1, -0.05) is 44.2 Å².